The number of hydrogen-bond donors (Lipinski definition) is 1. The smallest absolute Gasteiger partial charge is 0.331 e. The Morgan fingerprint density at radius 2 is 1.76 bits per heavy atom. The first-order chi connectivity index (χ1) is 9.62. The molecule has 0 unspecified atom stereocenters. The fraction of sp³-hybridized carbons (Fsp3) is 0.733. The number of carbonyl (C=O) groups is 2. The molecule has 1 aliphatic heterocycles. The number of carbonyl (C=O) groups excluding carboxylic acids is 1. The number of morpholine rings is 1. The van der Waals surface area contributed by atoms with Gasteiger partial charge in [-0.1, -0.05) is 0 Å². The standard InChI is InChI=1S/C15H25NO5/c1-14(2,16-7-9-20-10-8-16)11-15(3,4)21-13(19)6-5-12(17)18/h5-6H,7-11H2,1-4H3,(H,17,18). The van der Waals surface area contributed by atoms with E-state index in [9.17, 15) is 9.59 Å². The van der Waals surface area contributed by atoms with Gasteiger partial charge in [-0.3, -0.25) is 4.90 Å². The van der Waals surface area contributed by atoms with E-state index < -0.39 is 17.5 Å². The summed E-state index contributed by atoms with van der Waals surface area (Å²) in [6.45, 7) is 11.0. The molecule has 1 fully saturated rings. The van der Waals surface area contributed by atoms with Crippen molar-refractivity contribution >= 4 is 11.9 Å². The van der Waals surface area contributed by atoms with Crippen LogP contribution in [0.15, 0.2) is 12.2 Å². The molecule has 0 radical (unpaired) electrons. The third-order valence-electron chi connectivity index (χ3n) is 3.46. The zero-order chi connectivity index (χ0) is 16.1. The lowest BCUT2D eigenvalue weighted by Crippen LogP contribution is -2.53. The molecule has 1 heterocycles. The maximum atomic E-state index is 11.6. The summed E-state index contributed by atoms with van der Waals surface area (Å²) in [5, 5.41) is 8.50. The van der Waals surface area contributed by atoms with Crippen molar-refractivity contribution in [1.82, 2.24) is 4.90 Å². The molecule has 0 atom stereocenters. The second-order valence-electron chi connectivity index (χ2n) is 6.44. The molecule has 6 heteroatoms. The molecule has 1 aliphatic rings. The molecule has 21 heavy (non-hydrogen) atoms. The van der Waals surface area contributed by atoms with Crippen LogP contribution in [0, 0.1) is 0 Å². The molecule has 0 spiro atoms. The van der Waals surface area contributed by atoms with Crippen LogP contribution in [0.4, 0.5) is 0 Å². The first-order valence-corrected chi connectivity index (χ1v) is 7.09. The minimum atomic E-state index is -1.17. The Kier molecular flexibility index (Phi) is 5.92. The van der Waals surface area contributed by atoms with Gasteiger partial charge in [0, 0.05) is 37.2 Å². The Labute approximate surface area is 125 Å². The third-order valence-corrected chi connectivity index (χ3v) is 3.46. The summed E-state index contributed by atoms with van der Waals surface area (Å²) >= 11 is 0. The Morgan fingerprint density at radius 3 is 2.29 bits per heavy atom. The minimum Gasteiger partial charge on any atom is -0.478 e. The van der Waals surface area contributed by atoms with Crippen molar-refractivity contribution in [2.45, 2.75) is 45.3 Å². The molecule has 0 bridgehead atoms. The van der Waals surface area contributed by atoms with E-state index in [4.69, 9.17) is 14.6 Å². The lowest BCUT2D eigenvalue weighted by molar-refractivity contribution is -0.154. The van der Waals surface area contributed by atoms with Crippen LogP contribution in [0.3, 0.4) is 0 Å². The molecule has 1 saturated heterocycles. The molecule has 6 nitrogen and oxygen atoms in total. The highest BCUT2D eigenvalue weighted by Crippen LogP contribution is 2.29. The van der Waals surface area contributed by atoms with Crippen LogP contribution in [-0.2, 0) is 19.1 Å². The Bertz CT molecular complexity index is 408. The van der Waals surface area contributed by atoms with Crippen LogP contribution in [0.2, 0.25) is 0 Å². The molecule has 0 aromatic carbocycles. The quantitative estimate of drug-likeness (QED) is 0.591. The van der Waals surface area contributed by atoms with E-state index in [1.807, 2.05) is 13.8 Å². The number of nitrogens with zero attached hydrogens (tertiary/aromatic N) is 1. The molecule has 0 aromatic rings. The molecule has 120 valence electrons. The maximum Gasteiger partial charge on any atom is 0.331 e. The predicted molar refractivity (Wildman–Crippen MR) is 78.0 cm³/mol. The van der Waals surface area contributed by atoms with Crippen molar-refractivity contribution < 1.29 is 24.2 Å². The third kappa shape index (κ3) is 6.27. The highest BCUT2D eigenvalue weighted by Gasteiger charge is 2.36. The van der Waals surface area contributed by atoms with Gasteiger partial charge >= 0.3 is 11.9 Å². The van der Waals surface area contributed by atoms with E-state index >= 15 is 0 Å². The second-order valence-corrected chi connectivity index (χ2v) is 6.44. The number of esters is 1. The predicted octanol–water partition coefficient (Wildman–Crippen LogP) is 1.45. The SMILES string of the molecule is CC(C)(CC(C)(C)N1CCOCC1)OC(=O)C=CC(=O)O. The first kappa shape index (κ1) is 17.7. The summed E-state index contributed by atoms with van der Waals surface area (Å²) in [6, 6.07) is 0. The van der Waals surface area contributed by atoms with Crippen LogP contribution in [0.5, 0.6) is 0 Å². The van der Waals surface area contributed by atoms with Gasteiger partial charge in [-0.05, 0) is 27.7 Å². The molecule has 1 N–H and O–H groups in total. The van der Waals surface area contributed by atoms with Crippen molar-refractivity contribution in [2.75, 3.05) is 26.3 Å². The summed E-state index contributed by atoms with van der Waals surface area (Å²) in [4.78, 5) is 24.3. The Balaban J connectivity index is 2.60. The van der Waals surface area contributed by atoms with Gasteiger partial charge in [0.1, 0.15) is 5.60 Å². The fourth-order valence-corrected chi connectivity index (χ4v) is 2.80. The van der Waals surface area contributed by atoms with Crippen LogP contribution in [0.1, 0.15) is 34.1 Å². The summed E-state index contributed by atoms with van der Waals surface area (Å²) in [5.74, 6) is -1.81. The van der Waals surface area contributed by atoms with Crippen LogP contribution in [0.25, 0.3) is 0 Å². The van der Waals surface area contributed by atoms with Gasteiger partial charge in [0.2, 0.25) is 0 Å². The highest BCUT2D eigenvalue weighted by molar-refractivity contribution is 5.90. The fourth-order valence-electron chi connectivity index (χ4n) is 2.80. The maximum absolute atomic E-state index is 11.6. The van der Waals surface area contributed by atoms with Crippen molar-refractivity contribution in [3.63, 3.8) is 0 Å². The van der Waals surface area contributed by atoms with Gasteiger partial charge in [0.05, 0.1) is 13.2 Å². The van der Waals surface area contributed by atoms with E-state index in [-0.39, 0.29) is 5.54 Å². The average Bonchev–Trinajstić information content (AvgIpc) is 2.35. The lowest BCUT2D eigenvalue weighted by atomic mass is 9.87. The molecule has 1 rings (SSSR count). The summed E-state index contributed by atoms with van der Waals surface area (Å²) < 4.78 is 10.7. The van der Waals surface area contributed by atoms with Crippen molar-refractivity contribution in [1.29, 1.82) is 0 Å². The molecule has 0 amide bonds. The monoisotopic (exact) mass is 299 g/mol. The lowest BCUT2D eigenvalue weighted by Gasteiger charge is -2.44. The minimum absolute atomic E-state index is 0.135. The zero-order valence-corrected chi connectivity index (χ0v) is 13.2. The Morgan fingerprint density at radius 1 is 1.19 bits per heavy atom. The molecular weight excluding hydrogens is 274 g/mol. The van der Waals surface area contributed by atoms with Crippen LogP contribution >= 0.6 is 0 Å². The summed E-state index contributed by atoms with van der Waals surface area (Å²) in [6.07, 6.45) is 2.37. The largest absolute Gasteiger partial charge is 0.478 e. The van der Waals surface area contributed by atoms with Gasteiger partial charge in [-0.25, -0.2) is 9.59 Å². The van der Waals surface area contributed by atoms with Crippen molar-refractivity contribution in [2.24, 2.45) is 0 Å². The number of aliphatic carboxylic acids is 1. The summed E-state index contributed by atoms with van der Waals surface area (Å²) in [7, 11) is 0. The van der Waals surface area contributed by atoms with E-state index in [1.165, 1.54) is 0 Å². The van der Waals surface area contributed by atoms with Gasteiger partial charge in [0.15, 0.2) is 0 Å². The molecule has 0 saturated carbocycles. The Hall–Kier alpha value is -1.40. The van der Waals surface area contributed by atoms with E-state index in [0.717, 1.165) is 25.2 Å². The molecular formula is C15H25NO5. The normalized spacial score (nSPS) is 17.9. The number of carboxylic acids is 1. The van der Waals surface area contributed by atoms with Crippen LogP contribution in [-0.4, -0.2) is 59.4 Å². The number of ether oxygens (including phenoxy) is 2. The van der Waals surface area contributed by atoms with Gasteiger partial charge in [0.25, 0.3) is 0 Å². The van der Waals surface area contributed by atoms with Crippen molar-refractivity contribution in [3.8, 4) is 0 Å². The first-order valence-electron chi connectivity index (χ1n) is 7.09. The van der Waals surface area contributed by atoms with E-state index in [0.29, 0.717) is 19.6 Å². The number of hydrogen-bond acceptors (Lipinski definition) is 5. The van der Waals surface area contributed by atoms with Gasteiger partial charge < -0.3 is 14.6 Å². The number of rotatable bonds is 6. The van der Waals surface area contributed by atoms with Crippen molar-refractivity contribution in [3.05, 3.63) is 12.2 Å². The van der Waals surface area contributed by atoms with Crippen LogP contribution < -0.4 is 0 Å². The topological polar surface area (TPSA) is 76.1 Å². The second kappa shape index (κ2) is 7.04. The van der Waals surface area contributed by atoms with E-state index in [1.54, 1.807) is 0 Å². The zero-order valence-electron chi connectivity index (χ0n) is 13.2. The number of carboxylic acid groups (broad SMARTS) is 1. The van der Waals surface area contributed by atoms with E-state index in [2.05, 4.69) is 18.7 Å². The summed E-state index contributed by atoms with van der Waals surface area (Å²) in [5.41, 5.74) is -0.814. The molecule has 0 aromatic heterocycles. The van der Waals surface area contributed by atoms with Gasteiger partial charge in [-0.15, -0.1) is 0 Å². The van der Waals surface area contributed by atoms with Gasteiger partial charge in [-0.2, -0.15) is 0 Å². The highest BCUT2D eigenvalue weighted by atomic mass is 16.6. The molecule has 0 aliphatic carbocycles. The average molecular weight is 299 g/mol.